The van der Waals surface area contributed by atoms with E-state index >= 15 is 0 Å². The molecule has 1 aliphatic heterocycles. The number of hydrogen-bond donors (Lipinski definition) is 2. The van der Waals surface area contributed by atoms with E-state index in [0.717, 1.165) is 23.8 Å². The molecule has 2 N–H and O–H groups in total. The van der Waals surface area contributed by atoms with Gasteiger partial charge in [0.05, 0.1) is 30.0 Å². The SMILES string of the molecule is CNCc1cccc(Cl)c1N1CCOC(CO)C1. The Bertz CT molecular complexity index is 401. The fraction of sp³-hybridized carbons (Fsp3) is 0.538. The van der Waals surface area contributed by atoms with Crippen LogP contribution < -0.4 is 10.2 Å². The molecule has 1 aliphatic rings. The number of aliphatic hydroxyl groups is 1. The van der Waals surface area contributed by atoms with E-state index in [-0.39, 0.29) is 12.7 Å². The van der Waals surface area contributed by atoms with E-state index in [1.165, 1.54) is 5.56 Å². The molecule has 0 radical (unpaired) electrons. The van der Waals surface area contributed by atoms with E-state index in [9.17, 15) is 5.11 Å². The minimum atomic E-state index is -0.127. The van der Waals surface area contributed by atoms with Crippen molar-refractivity contribution in [3.8, 4) is 0 Å². The monoisotopic (exact) mass is 270 g/mol. The van der Waals surface area contributed by atoms with Crippen molar-refractivity contribution in [1.82, 2.24) is 5.32 Å². The molecule has 1 aromatic carbocycles. The molecule has 0 bridgehead atoms. The quantitative estimate of drug-likeness (QED) is 0.865. The molecule has 1 fully saturated rings. The Kier molecular flexibility index (Phi) is 4.83. The van der Waals surface area contributed by atoms with Crippen LogP contribution in [0, 0.1) is 0 Å². The normalized spacial score (nSPS) is 20.2. The van der Waals surface area contributed by atoms with Gasteiger partial charge in [0.2, 0.25) is 0 Å². The Morgan fingerprint density at radius 3 is 3.11 bits per heavy atom. The Morgan fingerprint density at radius 1 is 1.56 bits per heavy atom. The van der Waals surface area contributed by atoms with Gasteiger partial charge in [-0.15, -0.1) is 0 Å². The summed E-state index contributed by atoms with van der Waals surface area (Å²) in [5.41, 5.74) is 2.22. The van der Waals surface area contributed by atoms with Gasteiger partial charge < -0.3 is 20.1 Å². The van der Waals surface area contributed by atoms with Gasteiger partial charge in [0.25, 0.3) is 0 Å². The van der Waals surface area contributed by atoms with Crippen LogP contribution in [0.25, 0.3) is 0 Å². The number of halogens is 1. The lowest BCUT2D eigenvalue weighted by Gasteiger charge is -2.35. The standard InChI is InChI=1S/C13H19ClN2O2/c1-15-7-10-3-2-4-12(14)13(10)16-5-6-18-11(8-16)9-17/h2-4,11,15,17H,5-9H2,1H3. The van der Waals surface area contributed by atoms with Gasteiger partial charge in [-0.1, -0.05) is 23.7 Å². The first-order valence-electron chi connectivity index (χ1n) is 6.15. The van der Waals surface area contributed by atoms with Gasteiger partial charge in [-0.25, -0.2) is 0 Å². The van der Waals surface area contributed by atoms with Gasteiger partial charge in [-0.3, -0.25) is 0 Å². The molecule has 1 atom stereocenters. The molecule has 0 amide bonds. The maximum Gasteiger partial charge on any atom is 0.0980 e. The molecule has 5 heteroatoms. The minimum Gasteiger partial charge on any atom is -0.394 e. The zero-order chi connectivity index (χ0) is 13.0. The number of nitrogens with one attached hydrogen (secondary N) is 1. The number of aliphatic hydroxyl groups excluding tert-OH is 1. The zero-order valence-electron chi connectivity index (χ0n) is 10.5. The number of para-hydroxylation sites is 1. The fourth-order valence-corrected chi connectivity index (χ4v) is 2.59. The Labute approximate surface area is 113 Å². The van der Waals surface area contributed by atoms with Crippen LogP contribution in [0.5, 0.6) is 0 Å². The van der Waals surface area contributed by atoms with Gasteiger partial charge in [0.1, 0.15) is 0 Å². The summed E-state index contributed by atoms with van der Waals surface area (Å²) >= 11 is 6.32. The van der Waals surface area contributed by atoms with Gasteiger partial charge in [-0.05, 0) is 18.7 Å². The van der Waals surface area contributed by atoms with Gasteiger partial charge in [-0.2, -0.15) is 0 Å². The minimum absolute atomic E-state index is 0.0440. The van der Waals surface area contributed by atoms with Crippen LogP contribution in [0.15, 0.2) is 18.2 Å². The first-order chi connectivity index (χ1) is 8.76. The second kappa shape index (κ2) is 6.38. The van der Waals surface area contributed by atoms with E-state index in [2.05, 4.69) is 16.3 Å². The largest absolute Gasteiger partial charge is 0.394 e. The molecule has 18 heavy (non-hydrogen) atoms. The van der Waals surface area contributed by atoms with E-state index < -0.39 is 0 Å². The number of ether oxygens (including phenoxy) is 1. The molecular formula is C13H19ClN2O2. The summed E-state index contributed by atoms with van der Waals surface area (Å²) in [5, 5.41) is 13.1. The summed E-state index contributed by atoms with van der Waals surface area (Å²) in [4.78, 5) is 2.19. The van der Waals surface area contributed by atoms with Crippen molar-refractivity contribution in [2.45, 2.75) is 12.6 Å². The van der Waals surface area contributed by atoms with Crippen molar-refractivity contribution in [2.75, 3.05) is 38.3 Å². The van der Waals surface area contributed by atoms with Crippen LogP contribution in [-0.4, -0.2) is 44.6 Å². The van der Waals surface area contributed by atoms with E-state index in [1.54, 1.807) is 0 Å². The van der Waals surface area contributed by atoms with Crippen LogP contribution in [0.3, 0.4) is 0 Å². The third-order valence-electron chi connectivity index (χ3n) is 3.10. The first kappa shape index (κ1) is 13.6. The van der Waals surface area contributed by atoms with E-state index in [0.29, 0.717) is 13.2 Å². The third-order valence-corrected chi connectivity index (χ3v) is 3.40. The molecule has 2 rings (SSSR count). The van der Waals surface area contributed by atoms with Crippen LogP contribution >= 0.6 is 11.6 Å². The van der Waals surface area contributed by atoms with E-state index in [4.69, 9.17) is 16.3 Å². The molecule has 1 aromatic rings. The number of morpholine rings is 1. The van der Waals surface area contributed by atoms with Crippen LogP contribution in [0.1, 0.15) is 5.56 Å². The summed E-state index contributed by atoms with van der Waals surface area (Å²) < 4.78 is 5.47. The maximum absolute atomic E-state index is 9.20. The predicted molar refractivity (Wildman–Crippen MR) is 73.3 cm³/mol. The van der Waals surface area contributed by atoms with Crippen molar-refractivity contribution in [1.29, 1.82) is 0 Å². The average molecular weight is 271 g/mol. The third kappa shape index (κ3) is 2.95. The van der Waals surface area contributed by atoms with Crippen LogP contribution in [0.2, 0.25) is 5.02 Å². The average Bonchev–Trinajstić information content (AvgIpc) is 2.39. The number of hydrogen-bond acceptors (Lipinski definition) is 4. The molecule has 0 aromatic heterocycles. The molecule has 1 unspecified atom stereocenters. The highest BCUT2D eigenvalue weighted by Crippen LogP contribution is 2.31. The summed E-state index contributed by atoms with van der Waals surface area (Å²) in [6.07, 6.45) is -0.127. The molecule has 0 spiro atoms. The molecule has 4 nitrogen and oxygen atoms in total. The summed E-state index contributed by atoms with van der Waals surface area (Å²) in [6, 6.07) is 5.93. The smallest absolute Gasteiger partial charge is 0.0980 e. The van der Waals surface area contributed by atoms with Gasteiger partial charge >= 0.3 is 0 Å². The molecular weight excluding hydrogens is 252 g/mol. The maximum atomic E-state index is 9.20. The molecule has 0 aliphatic carbocycles. The Hall–Kier alpha value is -0.810. The molecule has 1 saturated heterocycles. The highest BCUT2D eigenvalue weighted by Gasteiger charge is 2.23. The van der Waals surface area contributed by atoms with Crippen LogP contribution in [-0.2, 0) is 11.3 Å². The second-order valence-corrected chi connectivity index (χ2v) is 4.81. The van der Waals surface area contributed by atoms with Crippen molar-refractivity contribution < 1.29 is 9.84 Å². The molecule has 1 heterocycles. The Balaban J connectivity index is 2.25. The number of nitrogens with zero attached hydrogens (tertiary/aromatic N) is 1. The number of benzene rings is 1. The zero-order valence-corrected chi connectivity index (χ0v) is 11.3. The lowest BCUT2D eigenvalue weighted by atomic mass is 10.1. The van der Waals surface area contributed by atoms with Gasteiger partial charge in [0, 0.05) is 19.6 Å². The predicted octanol–water partition coefficient (Wildman–Crippen LogP) is 1.26. The van der Waals surface area contributed by atoms with Gasteiger partial charge in [0.15, 0.2) is 0 Å². The Morgan fingerprint density at radius 2 is 2.39 bits per heavy atom. The molecule has 0 saturated carbocycles. The summed E-state index contributed by atoms with van der Waals surface area (Å²) in [7, 11) is 1.92. The second-order valence-electron chi connectivity index (χ2n) is 4.40. The van der Waals surface area contributed by atoms with Crippen molar-refractivity contribution >= 4 is 17.3 Å². The van der Waals surface area contributed by atoms with Crippen LogP contribution in [0.4, 0.5) is 5.69 Å². The lowest BCUT2D eigenvalue weighted by molar-refractivity contribution is 0.00353. The number of anilines is 1. The number of rotatable bonds is 4. The lowest BCUT2D eigenvalue weighted by Crippen LogP contribution is -2.44. The highest BCUT2D eigenvalue weighted by molar-refractivity contribution is 6.33. The summed E-state index contributed by atoms with van der Waals surface area (Å²) in [5.74, 6) is 0. The summed E-state index contributed by atoms with van der Waals surface area (Å²) in [6.45, 7) is 2.92. The van der Waals surface area contributed by atoms with Crippen molar-refractivity contribution in [3.63, 3.8) is 0 Å². The van der Waals surface area contributed by atoms with Crippen molar-refractivity contribution in [2.24, 2.45) is 0 Å². The van der Waals surface area contributed by atoms with E-state index in [1.807, 2.05) is 19.2 Å². The molecule has 100 valence electrons. The topological polar surface area (TPSA) is 44.7 Å². The fourth-order valence-electron chi connectivity index (χ4n) is 2.28. The van der Waals surface area contributed by atoms with Crippen molar-refractivity contribution in [3.05, 3.63) is 28.8 Å². The highest BCUT2D eigenvalue weighted by atomic mass is 35.5. The first-order valence-corrected chi connectivity index (χ1v) is 6.53.